The third kappa shape index (κ3) is 3.97. The molecule has 13 heavy (non-hydrogen) atoms. The van der Waals surface area contributed by atoms with Gasteiger partial charge in [-0.3, -0.25) is 5.10 Å². The average Bonchev–Trinajstić information content (AvgIpc) is 2.68. The quantitative estimate of drug-likeness (QED) is 0.716. The van der Waals surface area contributed by atoms with Crippen LogP contribution in [-0.2, 0) is 0 Å². The lowest BCUT2D eigenvalue weighted by molar-refractivity contribution is 1.09. The minimum Gasteiger partial charge on any atom is -0.286 e. The van der Waals surface area contributed by atoms with E-state index in [1.807, 2.05) is 18.2 Å². The Labute approximate surface area is 86.5 Å². The Balaban J connectivity index is 0.000000145. The van der Waals surface area contributed by atoms with Crippen molar-refractivity contribution in [2.45, 2.75) is 0 Å². The molecular weight excluding hydrogens is 207 g/mol. The molecule has 0 saturated carbocycles. The smallest absolute Gasteiger partial charge is 0.0592 e. The molecule has 1 heterocycles. The van der Waals surface area contributed by atoms with Crippen LogP contribution in [0, 0.1) is 0 Å². The molecule has 0 bridgehead atoms. The maximum absolute atomic E-state index is 5.58. The second-order valence-corrected chi connectivity index (χ2v) is 2.99. The molecule has 0 aliphatic carbocycles. The molecule has 68 valence electrons. The van der Waals surface area contributed by atoms with Gasteiger partial charge in [0.05, 0.1) is 10.0 Å². The van der Waals surface area contributed by atoms with Crippen LogP contribution in [0.1, 0.15) is 0 Å². The summed E-state index contributed by atoms with van der Waals surface area (Å²) in [6, 6.07) is 9.02. The zero-order valence-electron chi connectivity index (χ0n) is 6.74. The fraction of sp³-hybridized carbons (Fsp3) is 0. The number of rotatable bonds is 0. The summed E-state index contributed by atoms with van der Waals surface area (Å²) in [5.41, 5.74) is 0. The van der Waals surface area contributed by atoms with E-state index in [1.54, 1.807) is 24.5 Å². The molecule has 1 aromatic heterocycles. The average molecular weight is 215 g/mol. The summed E-state index contributed by atoms with van der Waals surface area (Å²) in [5, 5.41) is 7.42. The number of aromatic nitrogens is 2. The van der Waals surface area contributed by atoms with Crippen LogP contribution in [0.25, 0.3) is 0 Å². The van der Waals surface area contributed by atoms with Gasteiger partial charge >= 0.3 is 0 Å². The molecule has 0 saturated heterocycles. The van der Waals surface area contributed by atoms with Crippen molar-refractivity contribution in [1.82, 2.24) is 10.2 Å². The summed E-state index contributed by atoms with van der Waals surface area (Å²) in [6.07, 6.45) is 3.46. The molecule has 0 aliphatic rings. The zero-order chi connectivity index (χ0) is 9.52. The first-order valence-corrected chi connectivity index (χ1v) is 4.40. The lowest BCUT2D eigenvalue weighted by Crippen LogP contribution is -1.62. The molecule has 2 nitrogen and oxygen atoms in total. The van der Waals surface area contributed by atoms with E-state index in [-0.39, 0.29) is 0 Å². The number of aromatic amines is 1. The molecule has 0 spiro atoms. The molecular formula is C9H8Cl2N2. The molecule has 1 aromatic carbocycles. The first kappa shape index (κ1) is 10.1. The predicted molar refractivity (Wildman–Crippen MR) is 55.0 cm³/mol. The largest absolute Gasteiger partial charge is 0.286 e. The fourth-order valence-electron chi connectivity index (χ4n) is 0.654. The number of halogens is 2. The summed E-state index contributed by atoms with van der Waals surface area (Å²) < 4.78 is 0. The van der Waals surface area contributed by atoms with E-state index in [0.717, 1.165) is 0 Å². The van der Waals surface area contributed by atoms with Gasteiger partial charge in [0.1, 0.15) is 0 Å². The van der Waals surface area contributed by atoms with E-state index in [2.05, 4.69) is 10.2 Å². The minimum absolute atomic E-state index is 0.606. The van der Waals surface area contributed by atoms with Gasteiger partial charge in [-0.2, -0.15) is 5.10 Å². The molecule has 1 N–H and O–H groups in total. The summed E-state index contributed by atoms with van der Waals surface area (Å²) in [7, 11) is 0. The van der Waals surface area contributed by atoms with Gasteiger partial charge in [-0.05, 0) is 18.2 Å². The predicted octanol–water partition coefficient (Wildman–Crippen LogP) is 3.40. The lowest BCUT2D eigenvalue weighted by Gasteiger charge is -1.88. The molecule has 2 rings (SSSR count). The van der Waals surface area contributed by atoms with Gasteiger partial charge < -0.3 is 0 Å². The molecule has 0 fully saturated rings. The third-order valence-electron chi connectivity index (χ3n) is 1.23. The van der Waals surface area contributed by atoms with Crippen LogP contribution in [0.4, 0.5) is 0 Å². The second kappa shape index (κ2) is 5.62. The Morgan fingerprint density at radius 2 is 1.62 bits per heavy atom. The van der Waals surface area contributed by atoms with Gasteiger partial charge in [-0.1, -0.05) is 35.3 Å². The van der Waals surface area contributed by atoms with Crippen LogP contribution in [0.3, 0.4) is 0 Å². The van der Waals surface area contributed by atoms with E-state index >= 15 is 0 Å². The molecule has 0 amide bonds. The first-order chi connectivity index (χ1) is 6.30. The number of benzene rings is 1. The van der Waals surface area contributed by atoms with Gasteiger partial charge in [0.25, 0.3) is 0 Å². The molecule has 2 aromatic rings. The van der Waals surface area contributed by atoms with Crippen molar-refractivity contribution < 1.29 is 0 Å². The maximum atomic E-state index is 5.58. The summed E-state index contributed by atoms with van der Waals surface area (Å²) in [4.78, 5) is 0. The Hall–Kier alpha value is -0.990. The van der Waals surface area contributed by atoms with Crippen LogP contribution >= 0.6 is 23.2 Å². The van der Waals surface area contributed by atoms with Crippen LogP contribution in [0.2, 0.25) is 10.0 Å². The monoisotopic (exact) mass is 214 g/mol. The topological polar surface area (TPSA) is 28.7 Å². The fourth-order valence-corrected chi connectivity index (χ4v) is 0.926. The first-order valence-electron chi connectivity index (χ1n) is 3.64. The van der Waals surface area contributed by atoms with Gasteiger partial charge in [-0.15, -0.1) is 0 Å². The second-order valence-electron chi connectivity index (χ2n) is 2.18. The maximum Gasteiger partial charge on any atom is 0.0592 e. The highest BCUT2D eigenvalue weighted by Crippen LogP contribution is 2.19. The van der Waals surface area contributed by atoms with E-state index in [4.69, 9.17) is 23.2 Å². The minimum atomic E-state index is 0.606. The number of nitrogens with one attached hydrogen (secondary N) is 1. The Morgan fingerprint density at radius 1 is 1.00 bits per heavy atom. The van der Waals surface area contributed by atoms with Gasteiger partial charge in [0.2, 0.25) is 0 Å². The Morgan fingerprint density at radius 3 is 1.85 bits per heavy atom. The van der Waals surface area contributed by atoms with Crippen molar-refractivity contribution in [2.75, 3.05) is 0 Å². The Bertz CT molecular complexity index is 295. The van der Waals surface area contributed by atoms with E-state index in [1.165, 1.54) is 0 Å². The van der Waals surface area contributed by atoms with Crippen LogP contribution in [0.5, 0.6) is 0 Å². The molecule has 4 heteroatoms. The highest BCUT2D eigenvalue weighted by Gasteiger charge is 1.89. The summed E-state index contributed by atoms with van der Waals surface area (Å²) in [5.74, 6) is 0. The zero-order valence-corrected chi connectivity index (χ0v) is 8.26. The van der Waals surface area contributed by atoms with Gasteiger partial charge in [0, 0.05) is 12.4 Å². The third-order valence-corrected chi connectivity index (χ3v) is 1.99. The highest BCUT2D eigenvalue weighted by atomic mass is 35.5. The number of H-pyrrole nitrogens is 1. The molecule has 0 aliphatic heterocycles. The van der Waals surface area contributed by atoms with Crippen LogP contribution < -0.4 is 0 Å². The van der Waals surface area contributed by atoms with Crippen molar-refractivity contribution >= 4 is 23.2 Å². The number of nitrogens with zero attached hydrogens (tertiary/aromatic N) is 1. The van der Waals surface area contributed by atoms with Crippen LogP contribution in [0.15, 0.2) is 42.7 Å². The highest BCUT2D eigenvalue weighted by molar-refractivity contribution is 6.41. The summed E-state index contributed by atoms with van der Waals surface area (Å²) in [6.45, 7) is 0. The van der Waals surface area contributed by atoms with Gasteiger partial charge in [0.15, 0.2) is 0 Å². The van der Waals surface area contributed by atoms with Crippen molar-refractivity contribution in [1.29, 1.82) is 0 Å². The normalized spacial score (nSPS) is 8.77. The van der Waals surface area contributed by atoms with Crippen molar-refractivity contribution in [2.24, 2.45) is 0 Å². The Kier molecular flexibility index (Phi) is 4.36. The number of hydrogen-bond donors (Lipinski definition) is 1. The summed E-state index contributed by atoms with van der Waals surface area (Å²) >= 11 is 11.2. The van der Waals surface area contributed by atoms with E-state index in [0.29, 0.717) is 10.0 Å². The van der Waals surface area contributed by atoms with Gasteiger partial charge in [-0.25, -0.2) is 0 Å². The van der Waals surface area contributed by atoms with E-state index in [9.17, 15) is 0 Å². The molecule has 0 radical (unpaired) electrons. The standard InChI is InChI=1S/C6H4Cl2.C3H4N2/c7-5-3-1-2-4-6(5)8;1-2-4-5-3-1/h1-4H;1-3H,(H,4,5). The number of hydrogen-bond acceptors (Lipinski definition) is 1. The van der Waals surface area contributed by atoms with Crippen molar-refractivity contribution in [3.05, 3.63) is 52.8 Å². The molecule has 0 unspecified atom stereocenters. The van der Waals surface area contributed by atoms with Crippen LogP contribution in [-0.4, -0.2) is 10.2 Å². The lowest BCUT2D eigenvalue weighted by atomic mass is 10.4. The van der Waals surface area contributed by atoms with E-state index < -0.39 is 0 Å². The van der Waals surface area contributed by atoms with Crippen molar-refractivity contribution in [3.8, 4) is 0 Å². The van der Waals surface area contributed by atoms with Crippen molar-refractivity contribution in [3.63, 3.8) is 0 Å². The SMILES string of the molecule is Clc1ccccc1Cl.c1cn[nH]c1. The molecule has 0 atom stereocenters.